The van der Waals surface area contributed by atoms with Gasteiger partial charge in [-0.15, -0.1) is 0 Å². The van der Waals surface area contributed by atoms with Crippen molar-refractivity contribution in [1.29, 1.82) is 0 Å². The van der Waals surface area contributed by atoms with Crippen LogP contribution < -0.4 is 4.74 Å². The van der Waals surface area contributed by atoms with Crippen molar-refractivity contribution in [3.8, 4) is 5.75 Å². The van der Waals surface area contributed by atoms with Crippen LogP contribution >= 0.6 is 21.6 Å². The Morgan fingerprint density at radius 2 is 1.84 bits per heavy atom. The van der Waals surface area contributed by atoms with Crippen molar-refractivity contribution in [2.24, 2.45) is 4.99 Å². The Kier molecular flexibility index (Phi) is 12.0. The first-order chi connectivity index (χ1) is 15.1. The van der Waals surface area contributed by atoms with Crippen LogP contribution in [0.15, 0.2) is 58.7 Å². The molecular formula is C24H30N2O3S2. The largest absolute Gasteiger partial charge is 0.494 e. The first-order valence-electron chi connectivity index (χ1n) is 10.6. The molecule has 1 heterocycles. The van der Waals surface area contributed by atoms with Gasteiger partial charge in [-0.25, -0.2) is 4.98 Å². The molecule has 0 atom stereocenters. The summed E-state index contributed by atoms with van der Waals surface area (Å²) < 4.78 is 5.70. The van der Waals surface area contributed by atoms with Crippen molar-refractivity contribution >= 4 is 38.9 Å². The second-order valence-corrected chi connectivity index (χ2v) is 9.46. The smallest absolute Gasteiger partial charge is 0.155 e. The number of carbonyl (C=O) groups is 2. The molecule has 2 rings (SSSR count). The fourth-order valence-electron chi connectivity index (χ4n) is 2.69. The van der Waals surface area contributed by atoms with Gasteiger partial charge in [0.1, 0.15) is 16.6 Å². The number of ketones is 2. The zero-order valence-electron chi connectivity index (χ0n) is 18.2. The molecule has 1 aromatic carbocycles. The number of hydrogen-bond donors (Lipinski definition) is 0. The molecule has 0 fully saturated rings. The highest BCUT2D eigenvalue weighted by Gasteiger charge is 2.05. The van der Waals surface area contributed by atoms with E-state index >= 15 is 0 Å². The molecule has 0 saturated carbocycles. The summed E-state index contributed by atoms with van der Waals surface area (Å²) in [6.45, 7) is 4.66. The van der Waals surface area contributed by atoms with Crippen molar-refractivity contribution in [2.75, 3.05) is 18.9 Å². The maximum Gasteiger partial charge on any atom is 0.155 e. The molecule has 0 bridgehead atoms. The summed E-state index contributed by atoms with van der Waals surface area (Å²) in [5.74, 6) is 1.95. The number of ether oxygens (including phenoxy) is 1. The average molecular weight is 459 g/mol. The lowest BCUT2D eigenvalue weighted by molar-refractivity contribution is -0.119. The fraction of sp³-hybridized carbons (Fsp3) is 0.417. The number of benzene rings is 1. The van der Waals surface area contributed by atoms with E-state index in [-0.39, 0.29) is 12.3 Å². The number of pyridine rings is 1. The number of Topliss-reactive ketones (excluding diaryl/α,β-unsaturated/α-hetero) is 2. The van der Waals surface area contributed by atoms with Gasteiger partial charge in [-0.2, -0.15) is 0 Å². The summed E-state index contributed by atoms with van der Waals surface area (Å²) in [6, 6.07) is 13.5. The molecule has 0 spiro atoms. The SMILES string of the molecule is CCCC(=O)CCCOc1ccc(C(C)=NCC(=O)CCSSc2ccccn2)cc1. The van der Waals surface area contributed by atoms with Gasteiger partial charge in [0.2, 0.25) is 0 Å². The van der Waals surface area contributed by atoms with Crippen molar-refractivity contribution in [3.63, 3.8) is 0 Å². The van der Waals surface area contributed by atoms with Gasteiger partial charge in [-0.3, -0.25) is 14.6 Å². The highest BCUT2D eigenvalue weighted by atomic mass is 33.1. The minimum atomic E-state index is 0.131. The monoisotopic (exact) mass is 458 g/mol. The Labute approximate surface area is 192 Å². The molecule has 1 aromatic heterocycles. The van der Waals surface area contributed by atoms with Gasteiger partial charge in [0.05, 0.1) is 13.2 Å². The summed E-state index contributed by atoms with van der Waals surface area (Å²) >= 11 is 0. The molecule has 0 saturated heterocycles. The fourth-order valence-corrected chi connectivity index (χ4v) is 4.60. The van der Waals surface area contributed by atoms with Crippen LogP contribution in [0.4, 0.5) is 0 Å². The van der Waals surface area contributed by atoms with E-state index < -0.39 is 0 Å². The van der Waals surface area contributed by atoms with Gasteiger partial charge < -0.3 is 4.74 Å². The van der Waals surface area contributed by atoms with E-state index in [4.69, 9.17) is 4.74 Å². The van der Waals surface area contributed by atoms with E-state index in [0.717, 1.165) is 40.6 Å². The van der Waals surface area contributed by atoms with Crippen LogP contribution in [-0.2, 0) is 9.59 Å². The summed E-state index contributed by atoms with van der Waals surface area (Å²) in [5, 5.41) is 0.950. The van der Waals surface area contributed by atoms with Gasteiger partial charge in [-0.05, 0) is 72.5 Å². The van der Waals surface area contributed by atoms with Crippen LogP contribution in [0.1, 0.15) is 51.5 Å². The van der Waals surface area contributed by atoms with Gasteiger partial charge in [0.25, 0.3) is 0 Å². The van der Waals surface area contributed by atoms with E-state index in [1.165, 1.54) is 0 Å². The quantitative estimate of drug-likeness (QED) is 0.190. The minimum Gasteiger partial charge on any atom is -0.494 e. The molecular weight excluding hydrogens is 428 g/mol. The number of rotatable bonds is 15. The first-order valence-corrected chi connectivity index (χ1v) is 12.9. The molecule has 0 N–H and O–H groups in total. The summed E-state index contributed by atoms with van der Waals surface area (Å²) in [7, 11) is 3.22. The van der Waals surface area contributed by atoms with E-state index in [1.54, 1.807) is 27.8 Å². The molecule has 0 unspecified atom stereocenters. The summed E-state index contributed by atoms with van der Waals surface area (Å²) in [6.07, 6.45) is 5.13. The highest BCUT2D eigenvalue weighted by molar-refractivity contribution is 8.76. The van der Waals surface area contributed by atoms with Crippen molar-refractivity contribution < 1.29 is 14.3 Å². The van der Waals surface area contributed by atoms with Crippen molar-refractivity contribution in [3.05, 3.63) is 54.2 Å². The van der Waals surface area contributed by atoms with Crippen LogP contribution in [0.3, 0.4) is 0 Å². The Hall–Kier alpha value is -2.12. The normalized spacial score (nSPS) is 11.4. The number of hydrogen-bond acceptors (Lipinski definition) is 7. The van der Waals surface area contributed by atoms with Gasteiger partial charge in [-0.1, -0.05) is 23.8 Å². The molecule has 2 aromatic rings. The lowest BCUT2D eigenvalue weighted by Gasteiger charge is -2.07. The maximum absolute atomic E-state index is 12.1. The zero-order chi connectivity index (χ0) is 22.3. The third-order valence-electron chi connectivity index (χ3n) is 4.41. The predicted octanol–water partition coefficient (Wildman–Crippen LogP) is 5.82. The molecule has 0 aliphatic rings. The number of nitrogens with zero attached hydrogens (tertiary/aromatic N) is 2. The van der Waals surface area contributed by atoms with Crippen molar-refractivity contribution in [1.82, 2.24) is 4.98 Å². The molecule has 5 nitrogen and oxygen atoms in total. The lowest BCUT2D eigenvalue weighted by atomic mass is 10.1. The second kappa shape index (κ2) is 14.8. The second-order valence-electron chi connectivity index (χ2n) is 7.03. The van der Waals surface area contributed by atoms with Gasteiger partial charge >= 0.3 is 0 Å². The van der Waals surface area contributed by atoms with Gasteiger partial charge in [0, 0.05) is 36.9 Å². The zero-order valence-corrected chi connectivity index (χ0v) is 19.8. The third kappa shape index (κ3) is 10.6. The summed E-state index contributed by atoms with van der Waals surface area (Å²) in [4.78, 5) is 32.3. The van der Waals surface area contributed by atoms with Crippen LogP contribution in [0.2, 0.25) is 0 Å². The summed E-state index contributed by atoms with van der Waals surface area (Å²) in [5.41, 5.74) is 1.80. The predicted molar refractivity (Wildman–Crippen MR) is 130 cm³/mol. The van der Waals surface area contributed by atoms with Gasteiger partial charge in [0.15, 0.2) is 5.78 Å². The molecule has 0 radical (unpaired) electrons. The first kappa shape index (κ1) is 25.1. The Bertz CT molecular complexity index is 840. The Morgan fingerprint density at radius 3 is 2.55 bits per heavy atom. The van der Waals surface area contributed by atoms with E-state index in [2.05, 4.69) is 9.98 Å². The van der Waals surface area contributed by atoms with Crippen molar-refractivity contribution in [2.45, 2.75) is 51.0 Å². The van der Waals surface area contributed by atoms with Crippen LogP contribution in [0.25, 0.3) is 0 Å². The third-order valence-corrected chi connectivity index (χ3v) is 6.68. The van der Waals surface area contributed by atoms with Crippen LogP contribution in [-0.4, -0.2) is 41.2 Å². The van der Waals surface area contributed by atoms with E-state index in [1.807, 2.05) is 56.3 Å². The minimum absolute atomic E-state index is 0.131. The maximum atomic E-state index is 12.1. The lowest BCUT2D eigenvalue weighted by Crippen LogP contribution is -2.06. The number of carbonyl (C=O) groups excluding carboxylic acids is 2. The molecule has 31 heavy (non-hydrogen) atoms. The van der Waals surface area contributed by atoms with E-state index in [9.17, 15) is 9.59 Å². The Balaban J connectivity index is 1.66. The topological polar surface area (TPSA) is 68.6 Å². The number of aliphatic imine (C=N–C) groups is 1. The molecule has 0 amide bonds. The molecule has 0 aliphatic heterocycles. The number of aromatic nitrogens is 1. The van der Waals surface area contributed by atoms with Crippen LogP contribution in [0.5, 0.6) is 5.75 Å². The standard InChI is InChI=1S/C24H30N2O3S2/c1-3-7-21(27)8-6-16-29-23-12-10-20(11-13-23)19(2)26-18-22(28)14-17-30-31-24-9-4-5-15-25-24/h4-5,9-13,15H,3,6-8,14,16-18H2,1-2H3. The van der Waals surface area contributed by atoms with Crippen LogP contribution in [0, 0.1) is 0 Å². The molecule has 0 aliphatic carbocycles. The molecule has 166 valence electrons. The van der Waals surface area contributed by atoms with E-state index in [0.29, 0.717) is 31.7 Å². The average Bonchev–Trinajstić information content (AvgIpc) is 2.79. The Morgan fingerprint density at radius 1 is 1.03 bits per heavy atom. The molecule has 7 heteroatoms. The highest BCUT2D eigenvalue weighted by Crippen LogP contribution is 2.29.